The second-order valence-corrected chi connectivity index (χ2v) is 4.43. The summed E-state index contributed by atoms with van der Waals surface area (Å²) in [5, 5.41) is 0. The molecule has 0 saturated carbocycles. The first kappa shape index (κ1) is 16.8. The van der Waals surface area contributed by atoms with Crippen LogP contribution in [0.3, 0.4) is 0 Å². The van der Waals surface area contributed by atoms with Crippen LogP contribution in [0.2, 0.25) is 0 Å². The van der Waals surface area contributed by atoms with Crippen LogP contribution in [0.4, 0.5) is 4.39 Å². The molecule has 0 aliphatic rings. The zero-order valence-electron chi connectivity index (χ0n) is 12.0. The van der Waals surface area contributed by atoms with Crippen molar-refractivity contribution in [1.29, 1.82) is 0 Å². The Morgan fingerprint density at radius 1 is 1.25 bits per heavy atom. The second kappa shape index (κ2) is 9.66. The third-order valence-corrected chi connectivity index (χ3v) is 2.98. The molecule has 0 amide bonds. The highest BCUT2D eigenvalue weighted by Crippen LogP contribution is 2.18. The summed E-state index contributed by atoms with van der Waals surface area (Å²) in [6, 6.07) is 4.95. The number of halogens is 1. The van der Waals surface area contributed by atoms with Gasteiger partial charge in [0.05, 0.1) is 20.3 Å². The molecule has 6 heteroatoms. The summed E-state index contributed by atoms with van der Waals surface area (Å²) in [7, 11) is 3.07. The van der Waals surface area contributed by atoms with Gasteiger partial charge >= 0.3 is 0 Å². The van der Waals surface area contributed by atoms with Crippen molar-refractivity contribution in [2.45, 2.75) is 18.9 Å². The van der Waals surface area contributed by atoms with Gasteiger partial charge in [-0.05, 0) is 30.5 Å². The maximum absolute atomic E-state index is 13.6. The molecule has 20 heavy (non-hydrogen) atoms. The number of rotatable bonds is 10. The summed E-state index contributed by atoms with van der Waals surface area (Å²) >= 11 is 0. The molecule has 1 aromatic rings. The highest BCUT2D eigenvalue weighted by molar-refractivity contribution is 5.29. The van der Waals surface area contributed by atoms with Gasteiger partial charge in [-0.2, -0.15) is 0 Å². The molecular formula is C14H23FN2O3. The first-order valence-corrected chi connectivity index (χ1v) is 6.56. The lowest BCUT2D eigenvalue weighted by Gasteiger charge is -2.16. The molecule has 1 aromatic carbocycles. The van der Waals surface area contributed by atoms with Crippen LogP contribution >= 0.6 is 0 Å². The van der Waals surface area contributed by atoms with Gasteiger partial charge in [0.1, 0.15) is 0 Å². The van der Waals surface area contributed by atoms with Crippen molar-refractivity contribution in [1.82, 2.24) is 5.43 Å². The maximum atomic E-state index is 13.6. The van der Waals surface area contributed by atoms with Crippen LogP contribution in [0.1, 0.15) is 12.0 Å². The van der Waals surface area contributed by atoms with E-state index in [1.807, 2.05) is 6.07 Å². The fraction of sp³-hybridized carbons (Fsp3) is 0.571. The summed E-state index contributed by atoms with van der Waals surface area (Å²) in [6.07, 6.45) is 1.37. The normalized spacial score (nSPS) is 12.4. The number of benzene rings is 1. The highest BCUT2D eigenvalue weighted by atomic mass is 19.1. The Balaban J connectivity index is 2.41. The lowest BCUT2D eigenvalue weighted by Crippen LogP contribution is -2.37. The molecular weight excluding hydrogens is 263 g/mol. The van der Waals surface area contributed by atoms with Gasteiger partial charge in [0.15, 0.2) is 11.6 Å². The Bertz CT molecular complexity index is 391. The van der Waals surface area contributed by atoms with Crippen LogP contribution in [0.5, 0.6) is 5.75 Å². The van der Waals surface area contributed by atoms with Crippen molar-refractivity contribution < 1.29 is 18.6 Å². The number of nitrogens with one attached hydrogen (secondary N) is 1. The van der Waals surface area contributed by atoms with E-state index < -0.39 is 0 Å². The van der Waals surface area contributed by atoms with Crippen molar-refractivity contribution in [2.75, 3.05) is 34.0 Å². The number of nitrogens with two attached hydrogens (primary N) is 1. The van der Waals surface area contributed by atoms with Gasteiger partial charge in [-0.15, -0.1) is 0 Å². The molecule has 5 nitrogen and oxygen atoms in total. The van der Waals surface area contributed by atoms with Gasteiger partial charge in [-0.25, -0.2) is 4.39 Å². The summed E-state index contributed by atoms with van der Waals surface area (Å²) < 4.78 is 28.7. The Hall–Kier alpha value is -1.21. The van der Waals surface area contributed by atoms with E-state index in [0.29, 0.717) is 26.2 Å². The second-order valence-electron chi connectivity index (χ2n) is 4.43. The largest absolute Gasteiger partial charge is 0.494 e. The minimum atomic E-state index is -0.364. The Morgan fingerprint density at radius 3 is 2.65 bits per heavy atom. The average molecular weight is 286 g/mol. The molecule has 0 saturated heterocycles. The summed E-state index contributed by atoms with van der Waals surface area (Å²) in [4.78, 5) is 0. The van der Waals surface area contributed by atoms with Gasteiger partial charge < -0.3 is 14.2 Å². The summed E-state index contributed by atoms with van der Waals surface area (Å²) in [5.74, 6) is 5.39. The Labute approximate surface area is 119 Å². The van der Waals surface area contributed by atoms with E-state index in [9.17, 15) is 4.39 Å². The Kier molecular flexibility index (Phi) is 8.13. The lowest BCUT2D eigenvalue weighted by atomic mass is 10.0. The van der Waals surface area contributed by atoms with Crippen LogP contribution in [0.15, 0.2) is 18.2 Å². The first-order chi connectivity index (χ1) is 9.71. The third-order valence-electron chi connectivity index (χ3n) is 2.98. The topological polar surface area (TPSA) is 65.7 Å². The molecule has 0 fully saturated rings. The molecule has 0 aliphatic carbocycles. The molecule has 0 aromatic heterocycles. The van der Waals surface area contributed by atoms with E-state index in [2.05, 4.69) is 5.43 Å². The van der Waals surface area contributed by atoms with E-state index in [-0.39, 0.29) is 17.6 Å². The van der Waals surface area contributed by atoms with Crippen molar-refractivity contribution >= 4 is 0 Å². The summed E-state index contributed by atoms with van der Waals surface area (Å²) in [6.45, 7) is 1.71. The average Bonchev–Trinajstić information content (AvgIpc) is 2.46. The fourth-order valence-corrected chi connectivity index (χ4v) is 1.84. The first-order valence-electron chi connectivity index (χ1n) is 6.56. The van der Waals surface area contributed by atoms with Gasteiger partial charge in [0, 0.05) is 19.8 Å². The van der Waals surface area contributed by atoms with Crippen LogP contribution in [-0.4, -0.2) is 40.1 Å². The minimum absolute atomic E-state index is 0.0327. The molecule has 1 atom stereocenters. The fourth-order valence-electron chi connectivity index (χ4n) is 1.84. The molecule has 0 bridgehead atoms. The van der Waals surface area contributed by atoms with Gasteiger partial charge in [-0.1, -0.05) is 6.07 Å². The van der Waals surface area contributed by atoms with Crippen molar-refractivity contribution in [3.8, 4) is 5.75 Å². The molecule has 1 rings (SSSR count). The molecule has 1 unspecified atom stereocenters. The molecule has 0 aliphatic heterocycles. The number of ether oxygens (including phenoxy) is 3. The van der Waals surface area contributed by atoms with E-state index in [1.165, 1.54) is 13.2 Å². The minimum Gasteiger partial charge on any atom is -0.494 e. The molecule has 0 spiro atoms. The van der Waals surface area contributed by atoms with Crippen LogP contribution in [0.25, 0.3) is 0 Å². The van der Waals surface area contributed by atoms with E-state index >= 15 is 0 Å². The van der Waals surface area contributed by atoms with E-state index in [1.54, 1.807) is 13.2 Å². The monoisotopic (exact) mass is 286 g/mol. The highest BCUT2D eigenvalue weighted by Gasteiger charge is 2.10. The van der Waals surface area contributed by atoms with Crippen LogP contribution in [0, 0.1) is 5.82 Å². The zero-order valence-corrected chi connectivity index (χ0v) is 12.0. The van der Waals surface area contributed by atoms with Crippen molar-refractivity contribution in [2.24, 2.45) is 5.84 Å². The van der Waals surface area contributed by atoms with Gasteiger partial charge in [0.25, 0.3) is 0 Å². The number of hydrogen-bond acceptors (Lipinski definition) is 5. The van der Waals surface area contributed by atoms with Crippen molar-refractivity contribution in [3.05, 3.63) is 29.6 Å². The summed E-state index contributed by atoms with van der Waals surface area (Å²) in [5.41, 5.74) is 3.59. The van der Waals surface area contributed by atoms with Crippen LogP contribution < -0.4 is 16.0 Å². The standard InChI is InChI=1S/C14H23FN2O3/c1-18-7-8-20-6-5-12(17-16)9-11-3-4-14(19-2)13(15)10-11/h3-4,10,12,17H,5-9,16H2,1-2H3. The zero-order chi connectivity index (χ0) is 14.8. The molecule has 114 valence electrons. The van der Waals surface area contributed by atoms with E-state index in [0.717, 1.165) is 12.0 Å². The van der Waals surface area contributed by atoms with Crippen LogP contribution in [-0.2, 0) is 15.9 Å². The molecule has 0 radical (unpaired) electrons. The van der Waals surface area contributed by atoms with Crippen molar-refractivity contribution in [3.63, 3.8) is 0 Å². The maximum Gasteiger partial charge on any atom is 0.165 e. The third kappa shape index (κ3) is 5.83. The number of hydrogen-bond donors (Lipinski definition) is 2. The van der Waals surface area contributed by atoms with E-state index in [4.69, 9.17) is 20.1 Å². The molecule has 0 heterocycles. The SMILES string of the molecule is COCCOCCC(Cc1ccc(OC)c(F)c1)NN. The predicted octanol–water partition coefficient (Wildman–Crippen LogP) is 1.26. The Morgan fingerprint density at radius 2 is 2.05 bits per heavy atom. The lowest BCUT2D eigenvalue weighted by molar-refractivity contribution is 0.0658. The molecule has 3 N–H and O–H groups in total. The quantitative estimate of drug-likeness (QED) is 0.385. The number of hydrazine groups is 1. The smallest absolute Gasteiger partial charge is 0.165 e. The predicted molar refractivity (Wildman–Crippen MR) is 75.1 cm³/mol. The van der Waals surface area contributed by atoms with Gasteiger partial charge in [-0.3, -0.25) is 11.3 Å². The van der Waals surface area contributed by atoms with Gasteiger partial charge in [0.2, 0.25) is 0 Å². The number of methoxy groups -OCH3 is 2.